The van der Waals surface area contributed by atoms with E-state index in [1.807, 2.05) is 37.3 Å². The number of carbonyl (C=O) groups is 1. The second-order valence-electron chi connectivity index (χ2n) is 8.94. The molecule has 0 saturated carbocycles. The molecular formula is C25H32ClN3O3. The number of para-hydroxylation sites is 1. The van der Waals surface area contributed by atoms with Crippen molar-refractivity contribution < 1.29 is 14.6 Å². The molecule has 0 unspecified atom stereocenters. The summed E-state index contributed by atoms with van der Waals surface area (Å²) < 4.78 is 5.43. The molecule has 6 nitrogen and oxygen atoms in total. The first kappa shape index (κ1) is 23.1. The first-order valence-electron chi connectivity index (χ1n) is 11.3. The number of esters is 1. The monoisotopic (exact) mass is 457 g/mol. The van der Waals surface area contributed by atoms with E-state index in [0.717, 1.165) is 48.7 Å². The van der Waals surface area contributed by atoms with E-state index in [9.17, 15) is 9.90 Å². The number of piperidine rings is 1. The number of aliphatic hydroxyl groups is 1. The topological polar surface area (TPSA) is 65.0 Å². The Labute approximate surface area is 195 Å². The molecule has 7 heteroatoms. The van der Waals surface area contributed by atoms with E-state index in [1.54, 1.807) is 0 Å². The minimum absolute atomic E-state index is 0.00685. The molecule has 32 heavy (non-hydrogen) atoms. The smallest absolute Gasteiger partial charge is 0.308 e. The second kappa shape index (κ2) is 10.2. The van der Waals surface area contributed by atoms with Gasteiger partial charge in [-0.15, -0.1) is 0 Å². The molecule has 2 aromatic carbocycles. The van der Waals surface area contributed by atoms with Crippen molar-refractivity contribution >= 4 is 23.3 Å². The normalized spacial score (nSPS) is 22.3. The quantitative estimate of drug-likeness (QED) is 0.512. The molecule has 2 fully saturated rings. The van der Waals surface area contributed by atoms with E-state index in [2.05, 4.69) is 27.2 Å². The molecule has 2 saturated heterocycles. The fraction of sp³-hybridized carbons (Fsp3) is 0.480. The van der Waals surface area contributed by atoms with Crippen LogP contribution in [0.25, 0.3) is 0 Å². The van der Waals surface area contributed by atoms with Gasteiger partial charge in [0.25, 0.3) is 0 Å². The average molecular weight is 458 g/mol. The maximum absolute atomic E-state index is 11.5. The van der Waals surface area contributed by atoms with E-state index < -0.39 is 6.10 Å². The Morgan fingerprint density at radius 2 is 1.88 bits per heavy atom. The maximum Gasteiger partial charge on any atom is 0.308 e. The van der Waals surface area contributed by atoms with Crippen LogP contribution in [-0.2, 0) is 11.3 Å². The summed E-state index contributed by atoms with van der Waals surface area (Å²) in [6, 6.07) is 14.2. The predicted molar refractivity (Wildman–Crippen MR) is 127 cm³/mol. The Bertz CT molecular complexity index is 929. The number of aliphatic hydroxyl groups excluding tert-OH is 1. The number of aryl methyl sites for hydroxylation is 1. The summed E-state index contributed by atoms with van der Waals surface area (Å²) in [7, 11) is 0. The summed E-state index contributed by atoms with van der Waals surface area (Å²) in [6.45, 7) is 7.62. The standard InChI is InChI=1S/C25H32ClN3O3/c1-17-4-3-5-24(32-18(2)30)25(17)29-15-22(23(31)16-29)27-21-10-12-28(13-11-21)14-19-6-8-20(26)9-7-19/h3-9,21-23,27,31H,10-16H2,1-2H3/t22-,23-/m1/s1. The van der Waals surface area contributed by atoms with E-state index in [4.69, 9.17) is 16.3 Å². The third-order valence-electron chi connectivity index (χ3n) is 6.42. The number of nitrogens with zero attached hydrogens (tertiary/aromatic N) is 2. The minimum Gasteiger partial charge on any atom is -0.424 e. The third kappa shape index (κ3) is 5.62. The lowest BCUT2D eigenvalue weighted by atomic mass is 10.0. The Hall–Kier alpha value is -2.12. The van der Waals surface area contributed by atoms with Crippen molar-refractivity contribution in [2.24, 2.45) is 0 Å². The number of halogens is 1. The lowest BCUT2D eigenvalue weighted by Crippen LogP contribution is -2.49. The summed E-state index contributed by atoms with van der Waals surface area (Å²) >= 11 is 5.99. The Morgan fingerprint density at radius 1 is 1.16 bits per heavy atom. The van der Waals surface area contributed by atoms with Gasteiger partial charge in [0.15, 0.2) is 5.75 Å². The molecule has 0 aromatic heterocycles. The summed E-state index contributed by atoms with van der Waals surface area (Å²) in [5.41, 5.74) is 3.21. The highest BCUT2D eigenvalue weighted by Gasteiger charge is 2.35. The van der Waals surface area contributed by atoms with E-state index in [1.165, 1.54) is 12.5 Å². The molecule has 2 atom stereocenters. The van der Waals surface area contributed by atoms with Crippen LogP contribution >= 0.6 is 11.6 Å². The second-order valence-corrected chi connectivity index (χ2v) is 9.37. The average Bonchev–Trinajstić information content (AvgIpc) is 3.10. The zero-order valence-corrected chi connectivity index (χ0v) is 19.5. The number of hydrogen-bond donors (Lipinski definition) is 2. The van der Waals surface area contributed by atoms with Gasteiger partial charge >= 0.3 is 5.97 Å². The van der Waals surface area contributed by atoms with Crippen LogP contribution in [0.3, 0.4) is 0 Å². The Kier molecular flexibility index (Phi) is 7.36. The highest BCUT2D eigenvalue weighted by atomic mass is 35.5. The number of carbonyl (C=O) groups excluding carboxylic acids is 1. The lowest BCUT2D eigenvalue weighted by molar-refractivity contribution is -0.131. The molecule has 2 aliphatic rings. The van der Waals surface area contributed by atoms with Gasteiger partial charge in [-0.2, -0.15) is 0 Å². The molecule has 2 heterocycles. The number of likely N-dealkylation sites (tertiary alicyclic amines) is 1. The van der Waals surface area contributed by atoms with Crippen LogP contribution in [-0.4, -0.2) is 60.3 Å². The lowest BCUT2D eigenvalue weighted by Gasteiger charge is -2.34. The van der Waals surface area contributed by atoms with Gasteiger partial charge in [0.05, 0.1) is 17.8 Å². The summed E-state index contributed by atoms with van der Waals surface area (Å²) in [5.74, 6) is 0.220. The van der Waals surface area contributed by atoms with Crippen molar-refractivity contribution in [3.8, 4) is 5.75 Å². The van der Waals surface area contributed by atoms with Crippen molar-refractivity contribution in [2.75, 3.05) is 31.1 Å². The largest absolute Gasteiger partial charge is 0.424 e. The van der Waals surface area contributed by atoms with Crippen LogP contribution < -0.4 is 15.0 Å². The maximum atomic E-state index is 11.5. The minimum atomic E-state index is -0.466. The summed E-state index contributed by atoms with van der Waals surface area (Å²) in [5, 5.41) is 15.2. The molecule has 2 aromatic rings. The van der Waals surface area contributed by atoms with Gasteiger partial charge in [0.1, 0.15) is 0 Å². The molecule has 0 bridgehead atoms. The van der Waals surface area contributed by atoms with Crippen LogP contribution in [0.15, 0.2) is 42.5 Å². The van der Waals surface area contributed by atoms with Gasteiger partial charge < -0.3 is 20.1 Å². The van der Waals surface area contributed by atoms with Crippen LogP contribution in [0, 0.1) is 6.92 Å². The van der Waals surface area contributed by atoms with Gasteiger partial charge in [-0.3, -0.25) is 9.69 Å². The van der Waals surface area contributed by atoms with Crippen molar-refractivity contribution in [1.29, 1.82) is 0 Å². The van der Waals surface area contributed by atoms with Gasteiger partial charge in [-0.1, -0.05) is 35.9 Å². The number of β-amino-alcohol motifs (C(OH)–C–C–N with tert-alkyl or cyclic N) is 1. The SMILES string of the molecule is CC(=O)Oc1cccc(C)c1N1C[C@@H](O)[C@H](NC2CCN(Cc3ccc(Cl)cc3)CC2)C1. The number of rotatable bonds is 6. The zero-order valence-electron chi connectivity index (χ0n) is 18.8. The van der Waals surface area contributed by atoms with Crippen molar-refractivity contribution in [3.05, 3.63) is 58.6 Å². The third-order valence-corrected chi connectivity index (χ3v) is 6.67. The highest BCUT2D eigenvalue weighted by molar-refractivity contribution is 6.30. The molecule has 0 spiro atoms. The van der Waals surface area contributed by atoms with Crippen LogP contribution in [0.1, 0.15) is 30.9 Å². The predicted octanol–water partition coefficient (Wildman–Crippen LogP) is 3.38. The molecule has 172 valence electrons. The number of hydrogen-bond acceptors (Lipinski definition) is 6. The molecule has 4 rings (SSSR count). The summed E-state index contributed by atoms with van der Waals surface area (Å²) in [4.78, 5) is 16.1. The van der Waals surface area contributed by atoms with Crippen LogP contribution in [0.5, 0.6) is 5.75 Å². The number of anilines is 1. The Morgan fingerprint density at radius 3 is 2.56 bits per heavy atom. The number of ether oxygens (including phenoxy) is 1. The number of benzene rings is 2. The van der Waals surface area contributed by atoms with Crippen LogP contribution in [0.4, 0.5) is 5.69 Å². The van der Waals surface area contributed by atoms with Crippen molar-refractivity contribution in [1.82, 2.24) is 10.2 Å². The van der Waals surface area contributed by atoms with Crippen molar-refractivity contribution in [2.45, 2.75) is 51.4 Å². The van der Waals surface area contributed by atoms with Crippen LogP contribution in [0.2, 0.25) is 5.02 Å². The Balaban J connectivity index is 1.32. The van der Waals surface area contributed by atoms with E-state index in [0.29, 0.717) is 24.9 Å². The molecule has 0 aliphatic carbocycles. The highest BCUT2D eigenvalue weighted by Crippen LogP contribution is 2.34. The van der Waals surface area contributed by atoms with Gasteiger partial charge in [0, 0.05) is 37.6 Å². The fourth-order valence-electron chi connectivity index (χ4n) is 4.82. The molecule has 0 amide bonds. The molecule has 0 radical (unpaired) electrons. The van der Waals surface area contributed by atoms with E-state index in [-0.39, 0.29) is 12.0 Å². The van der Waals surface area contributed by atoms with Gasteiger partial charge in [0.2, 0.25) is 0 Å². The van der Waals surface area contributed by atoms with E-state index >= 15 is 0 Å². The van der Waals surface area contributed by atoms with Crippen molar-refractivity contribution in [3.63, 3.8) is 0 Å². The first-order chi connectivity index (χ1) is 15.4. The molecule has 2 aliphatic heterocycles. The molecule has 2 N–H and O–H groups in total. The molecular weight excluding hydrogens is 426 g/mol. The fourth-order valence-corrected chi connectivity index (χ4v) is 4.94. The number of nitrogens with one attached hydrogen (secondary N) is 1. The first-order valence-corrected chi connectivity index (χ1v) is 11.7. The van der Waals surface area contributed by atoms with Gasteiger partial charge in [-0.25, -0.2) is 0 Å². The zero-order chi connectivity index (χ0) is 22.7. The summed E-state index contributed by atoms with van der Waals surface area (Å²) in [6.07, 6.45) is 1.65. The van der Waals surface area contributed by atoms with Gasteiger partial charge in [-0.05, 0) is 62.2 Å².